The molecule has 2 aromatic heterocycles. The third-order valence-corrected chi connectivity index (χ3v) is 8.53. The number of nitrogens with zero attached hydrogens (tertiary/aromatic N) is 4. The predicted octanol–water partition coefficient (Wildman–Crippen LogP) is 2.39. The second-order valence-electron chi connectivity index (χ2n) is 6.44. The van der Waals surface area contributed by atoms with Crippen LogP contribution >= 0.6 is 45.7 Å². The van der Waals surface area contributed by atoms with Crippen LogP contribution < -0.4 is 10.5 Å². The van der Waals surface area contributed by atoms with E-state index < -0.39 is 17.0 Å². The second-order valence-corrected chi connectivity index (χ2v) is 10.1. The van der Waals surface area contributed by atoms with Gasteiger partial charge in [0, 0.05) is 47.4 Å². The molecule has 3 atom stereocenters. The third-order valence-electron chi connectivity index (χ3n) is 4.78. The average Bonchev–Trinajstić information content (AvgIpc) is 2.55. The number of pyridine rings is 2. The van der Waals surface area contributed by atoms with E-state index >= 15 is 0 Å². The number of hydrogen-bond acceptors (Lipinski definition) is 5. The fourth-order valence-electron chi connectivity index (χ4n) is 3.47. The van der Waals surface area contributed by atoms with Crippen molar-refractivity contribution in [2.45, 2.75) is 30.8 Å². The first-order valence-corrected chi connectivity index (χ1v) is 11.0. The van der Waals surface area contributed by atoms with E-state index in [0.717, 1.165) is 6.54 Å². The summed E-state index contributed by atoms with van der Waals surface area (Å²) < 4.78 is 30.6. The Labute approximate surface area is 174 Å². The lowest BCUT2D eigenvalue weighted by Crippen LogP contribution is -2.59. The highest BCUT2D eigenvalue weighted by atomic mass is 127. The predicted molar refractivity (Wildman–Crippen MR) is 113 cm³/mol. The fraction of sp³-hybridized carbons (Fsp3) is 0.467. The molecule has 25 heavy (non-hydrogen) atoms. The van der Waals surface area contributed by atoms with Crippen molar-refractivity contribution in [2.24, 2.45) is 0 Å². The molecule has 134 valence electrons. The lowest BCUT2D eigenvalue weighted by molar-refractivity contribution is 0.318. The molecule has 1 saturated heterocycles. The molecule has 2 aromatic rings. The minimum absolute atomic E-state index is 0.0402. The molecule has 0 N–H and O–H groups in total. The van der Waals surface area contributed by atoms with Gasteiger partial charge in [0.25, 0.3) is 0 Å². The number of rotatable bonds is 0. The molecule has 4 rings (SSSR count). The zero-order chi connectivity index (χ0) is 18.0. The monoisotopic (exact) mass is 588 g/mol. The van der Waals surface area contributed by atoms with E-state index in [2.05, 4.69) is 42.8 Å². The van der Waals surface area contributed by atoms with Gasteiger partial charge in [-0.05, 0) is 31.1 Å². The summed E-state index contributed by atoms with van der Waals surface area (Å²) in [4.78, 5) is 19.5. The van der Waals surface area contributed by atoms with Gasteiger partial charge < -0.3 is 9.45 Å². The van der Waals surface area contributed by atoms with Crippen LogP contribution in [0.25, 0.3) is 11.0 Å². The standard InChI is InChI=1S/C15H15FI2N4O2S/c1-7-4-20-9(5-21(7)17)6-25(24)13-12(20)10-3-11(16)8(2)19-14(10)22(18)15(13)23/h3,7,9H,4-6H2,1-2H3. The highest BCUT2D eigenvalue weighted by Gasteiger charge is 2.44. The summed E-state index contributed by atoms with van der Waals surface area (Å²) in [7, 11) is 0. The Kier molecular flexibility index (Phi) is 4.70. The largest absolute Gasteiger partial charge is 0.611 e. The molecule has 2 aliphatic rings. The molecule has 0 aromatic carbocycles. The van der Waals surface area contributed by atoms with Gasteiger partial charge in [-0.3, -0.25) is 4.79 Å². The smallest absolute Gasteiger partial charge is 0.318 e. The van der Waals surface area contributed by atoms with Gasteiger partial charge >= 0.3 is 5.56 Å². The second kappa shape index (κ2) is 6.46. The number of fused-ring (bicyclic) bond motifs is 5. The fourth-order valence-corrected chi connectivity index (χ4v) is 6.40. The van der Waals surface area contributed by atoms with Crippen molar-refractivity contribution in [3.63, 3.8) is 0 Å². The molecule has 4 heterocycles. The van der Waals surface area contributed by atoms with Crippen LogP contribution in [0.15, 0.2) is 15.8 Å². The minimum Gasteiger partial charge on any atom is -0.611 e. The van der Waals surface area contributed by atoms with Crippen molar-refractivity contribution >= 4 is 73.6 Å². The summed E-state index contributed by atoms with van der Waals surface area (Å²) in [6.07, 6.45) is 0. The van der Waals surface area contributed by atoms with Crippen LogP contribution in [0.3, 0.4) is 0 Å². The number of piperazine rings is 1. The Balaban J connectivity index is 2.06. The molecule has 0 amide bonds. The van der Waals surface area contributed by atoms with E-state index in [9.17, 15) is 13.7 Å². The maximum atomic E-state index is 14.3. The van der Waals surface area contributed by atoms with Crippen molar-refractivity contribution in [1.82, 2.24) is 10.9 Å². The lowest BCUT2D eigenvalue weighted by Gasteiger charge is -2.46. The zero-order valence-electron chi connectivity index (χ0n) is 13.5. The first-order chi connectivity index (χ1) is 11.8. The van der Waals surface area contributed by atoms with Gasteiger partial charge in [0.15, 0.2) is 5.65 Å². The van der Waals surface area contributed by atoms with Crippen LogP contribution in [0.2, 0.25) is 0 Å². The van der Waals surface area contributed by atoms with E-state index in [-0.39, 0.29) is 28.2 Å². The van der Waals surface area contributed by atoms with Crippen molar-refractivity contribution in [1.29, 1.82) is 0 Å². The number of aromatic nitrogens is 2. The van der Waals surface area contributed by atoms with Crippen LogP contribution in [0, 0.1) is 12.7 Å². The zero-order valence-corrected chi connectivity index (χ0v) is 18.6. The molecule has 10 heteroatoms. The van der Waals surface area contributed by atoms with Crippen LogP contribution in [0.5, 0.6) is 0 Å². The van der Waals surface area contributed by atoms with E-state index in [1.165, 1.54) is 8.85 Å². The Morgan fingerprint density at radius 1 is 1.40 bits per heavy atom. The van der Waals surface area contributed by atoms with Crippen LogP contribution in [-0.2, 0) is 11.2 Å². The first kappa shape index (κ1) is 18.2. The molecule has 0 aliphatic carbocycles. The summed E-state index contributed by atoms with van der Waals surface area (Å²) >= 11 is 2.74. The maximum Gasteiger partial charge on any atom is 0.318 e. The molecule has 0 bridgehead atoms. The molecular weight excluding hydrogens is 573 g/mol. The minimum atomic E-state index is -1.41. The van der Waals surface area contributed by atoms with Crippen molar-refractivity contribution in [3.8, 4) is 0 Å². The number of aryl methyl sites for hydroxylation is 1. The van der Waals surface area contributed by atoms with Crippen molar-refractivity contribution in [3.05, 3.63) is 27.9 Å². The Hall–Kier alpha value is -0.180. The van der Waals surface area contributed by atoms with E-state index in [4.69, 9.17) is 0 Å². The number of halogens is 3. The summed E-state index contributed by atoms with van der Waals surface area (Å²) in [6.45, 7) is 5.14. The summed E-state index contributed by atoms with van der Waals surface area (Å²) in [5.74, 6) is -0.00325. The molecular formula is C15H15FI2N4O2S. The highest BCUT2D eigenvalue weighted by Crippen LogP contribution is 2.40. The summed E-state index contributed by atoms with van der Waals surface area (Å²) in [6, 6.07) is 1.74. The summed E-state index contributed by atoms with van der Waals surface area (Å²) in [5.41, 5.74) is 0.954. The molecule has 0 saturated carbocycles. The van der Waals surface area contributed by atoms with Gasteiger partial charge in [-0.15, -0.1) is 0 Å². The van der Waals surface area contributed by atoms with E-state index in [0.29, 0.717) is 29.0 Å². The van der Waals surface area contributed by atoms with E-state index in [1.807, 2.05) is 22.9 Å². The van der Waals surface area contributed by atoms with Crippen LogP contribution in [0.1, 0.15) is 12.6 Å². The molecule has 2 aliphatic heterocycles. The Morgan fingerprint density at radius 3 is 2.84 bits per heavy atom. The molecule has 0 radical (unpaired) electrons. The molecule has 6 nitrogen and oxygen atoms in total. The normalized spacial score (nSPS) is 26.6. The van der Waals surface area contributed by atoms with Gasteiger partial charge in [-0.2, -0.15) is 0 Å². The van der Waals surface area contributed by atoms with Crippen LogP contribution in [0.4, 0.5) is 10.1 Å². The van der Waals surface area contributed by atoms with Gasteiger partial charge in [0.05, 0.1) is 34.6 Å². The first-order valence-electron chi connectivity index (χ1n) is 7.79. The topological polar surface area (TPSA) is 64.4 Å². The molecule has 1 fully saturated rings. The Bertz CT molecular complexity index is 940. The highest BCUT2D eigenvalue weighted by molar-refractivity contribution is 14.1. The van der Waals surface area contributed by atoms with Gasteiger partial charge in [-0.25, -0.2) is 15.3 Å². The number of hydrogen-bond donors (Lipinski definition) is 0. The quantitative estimate of drug-likeness (QED) is 0.269. The molecule has 3 unspecified atom stereocenters. The van der Waals surface area contributed by atoms with Crippen molar-refractivity contribution in [2.75, 3.05) is 23.7 Å². The average molecular weight is 588 g/mol. The van der Waals surface area contributed by atoms with Crippen LogP contribution in [-0.4, -0.2) is 46.4 Å². The molecule has 0 spiro atoms. The van der Waals surface area contributed by atoms with Crippen molar-refractivity contribution < 1.29 is 8.94 Å². The number of anilines is 1. The van der Waals surface area contributed by atoms with Gasteiger partial charge in [0.2, 0.25) is 4.90 Å². The third kappa shape index (κ3) is 2.78. The van der Waals surface area contributed by atoms with Gasteiger partial charge in [0.1, 0.15) is 17.3 Å². The summed E-state index contributed by atoms with van der Waals surface area (Å²) in [5, 5.41) is 0.555. The maximum absolute atomic E-state index is 14.3. The lowest BCUT2D eigenvalue weighted by atomic mass is 10.1. The Morgan fingerprint density at radius 2 is 2.12 bits per heavy atom. The van der Waals surface area contributed by atoms with E-state index in [1.54, 1.807) is 6.92 Å². The SMILES string of the molecule is Cc1nc2c(cc1F)c1c(c(=O)n2I)[S+]([O-])CC2CN(I)C(C)CN12. The van der Waals surface area contributed by atoms with Gasteiger partial charge in [-0.1, -0.05) is 0 Å².